The zero-order valence-electron chi connectivity index (χ0n) is 57.3. The summed E-state index contributed by atoms with van der Waals surface area (Å²) in [6.07, 6.45) is 1.61. The van der Waals surface area contributed by atoms with Crippen molar-refractivity contribution in [2.45, 2.75) is 221 Å². The molecule has 0 bridgehead atoms. The van der Waals surface area contributed by atoms with Gasteiger partial charge in [-0.25, -0.2) is 19.2 Å². The summed E-state index contributed by atoms with van der Waals surface area (Å²) >= 11 is 0. The van der Waals surface area contributed by atoms with Crippen LogP contribution in [0.4, 0.5) is 0 Å². The Bertz CT molecular complexity index is 3320. The van der Waals surface area contributed by atoms with Crippen molar-refractivity contribution in [3.63, 3.8) is 0 Å². The minimum atomic E-state index is -0.980. The molecule has 16 nitrogen and oxygen atoms in total. The fraction of sp³-hybridized carbons (Fsp3) is 0.595. The van der Waals surface area contributed by atoms with E-state index < -0.39 is 103 Å². The summed E-state index contributed by atoms with van der Waals surface area (Å²) in [6.45, 7) is 22.9. The molecule has 7 aliphatic rings. The second-order valence-corrected chi connectivity index (χ2v) is 29.3. The average molecular weight is 1310 g/mol. The Morgan fingerprint density at radius 1 is 0.537 bits per heavy atom. The Kier molecular flexibility index (Phi) is 22.2. The third-order valence-electron chi connectivity index (χ3n) is 23.5. The summed E-state index contributed by atoms with van der Waals surface area (Å²) in [5.74, 6) is -2.82. The van der Waals surface area contributed by atoms with E-state index in [0.29, 0.717) is 66.2 Å². The molecule has 3 saturated carbocycles. The van der Waals surface area contributed by atoms with Crippen molar-refractivity contribution < 1.29 is 76.1 Å². The first-order chi connectivity index (χ1) is 45.6. The van der Waals surface area contributed by atoms with E-state index >= 15 is 0 Å². The lowest BCUT2D eigenvalue weighted by Gasteiger charge is -2.58. The SMILES string of the molecule is CCC1O[C@@H](OC[C@H](C)CCC(=O)[C@@H](C)[C@H]2C(=O)C[C@H]3[C@@H]4CC=C5C[C@@H](O[C@@H]6OC(CC)[C@@H](OC(=O)c7ccccc7)[C@H](C)C6O[C@@H]6OC(C)[C@H](C)[C@H](C)C6OC(=O)c6ccccc6)CC[C@]5(C)[C@H]4CC[C@]23C)C(OC(=O)c2ccccc2)[C@@H](C)[C@@H]1OC(=O)c1ccccc1. The summed E-state index contributed by atoms with van der Waals surface area (Å²) in [4.78, 5) is 83.6. The molecular formula is C79H100O16. The van der Waals surface area contributed by atoms with Crippen LogP contribution >= 0.6 is 0 Å². The van der Waals surface area contributed by atoms with Crippen LogP contribution < -0.4 is 0 Å². The largest absolute Gasteiger partial charge is 0.456 e. The number of benzene rings is 4. The molecule has 11 rings (SSSR count). The number of carbonyl (C=O) groups is 6. The van der Waals surface area contributed by atoms with E-state index in [-0.39, 0.29) is 77.2 Å². The van der Waals surface area contributed by atoms with E-state index in [0.717, 1.165) is 32.1 Å². The molecule has 0 N–H and O–H groups in total. The highest BCUT2D eigenvalue weighted by molar-refractivity contribution is 5.93. The van der Waals surface area contributed by atoms with E-state index in [1.54, 1.807) is 84.9 Å². The van der Waals surface area contributed by atoms with Crippen molar-refractivity contribution in [1.29, 1.82) is 0 Å². The molecule has 0 radical (unpaired) electrons. The van der Waals surface area contributed by atoms with Crippen molar-refractivity contribution in [3.05, 3.63) is 155 Å². The van der Waals surface area contributed by atoms with Crippen LogP contribution in [-0.2, 0) is 57.0 Å². The van der Waals surface area contributed by atoms with Gasteiger partial charge >= 0.3 is 23.9 Å². The number of rotatable bonds is 22. The fourth-order valence-electron chi connectivity index (χ4n) is 17.5. The Morgan fingerprint density at radius 3 is 1.53 bits per heavy atom. The summed E-state index contributed by atoms with van der Waals surface area (Å²) in [7, 11) is 0. The minimum absolute atomic E-state index is 0.0401. The average Bonchev–Trinajstić information content (AvgIpc) is 1.64. The van der Waals surface area contributed by atoms with Gasteiger partial charge in [-0.3, -0.25) is 9.59 Å². The van der Waals surface area contributed by atoms with Gasteiger partial charge in [-0.2, -0.15) is 0 Å². The number of esters is 4. The number of Topliss-reactive ketones (excluding diaryl/α,β-unsaturated/α-hetero) is 2. The molecule has 4 aliphatic carbocycles. The maximum atomic E-state index is 14.6. The quantitative estimate of drug-likeness (QED) is 0.0409. The number of ether oxygens (including phenoxy) is 10. The van der Waals surface area contributed by atoms with Gasteiger partial charge in [-0.15, -0.1) is 0 Å². The molecule has 95 heavy (non-hydrogen) atoms. The van der Waals surface area contributed by atoms with E-state index in [4.69, 9.17) is 47.4 Å². The monoisotopic (exact) mass is 1300 g/mol. The van der Waals surface area contributed by atoms with Gasteiger partial charge < -0.3 is 47.4 Å². The predicted octanol–water partition coefficient (Wildman–Crippen LogP) is 14.6. The van der Waals surface area contributed by atoms with E-state index in [9.17, 15) is 28.8 Å². The van der Waals surface area contributed by atoms with E-state index in [1.165, 1.54) is 5.57 Å². The smallest absolute Gasteiger partial charge is 0.338 e. The Balaban J connectivity index is 0.736. The minimum Gasteiger partial charge on any atom is -0.456 e. The molecule has 24 atom stereocenters. The van der Waals surface area contributed by atoms with Crippen molar-refractivity contribution in [2.75, 3.05) is 6.61 Å². The molecule has 16 heteroatoms. The second-order valence-electron chi connectivity index (χ2n) is 29.3. The van der Waals surface area contributed by atoms with Gasteiger partial charge in [0, 0.05) is 42.4 Å². The first-order valence-electron chi connectivity index (χ1n) is 35.3. The Morgan fingerprint density at radius 2 is 1.01 bits per heavy atom. The number of ketones is 2. The first kappa shape index (κ1) is 69.9. The normalized spacial score (nSPS) is 36.6. The van der Waals surface area contributed by atoms with Gasteiger partial charge in [0.05, 0.1) is 53.3 Å². The summed E-state index contributed by atoms with van der Waals surface area (Å²) in [5.41, 5.74) is 2.57. The summed E-state index contributed by atoms with van der Waals surface area (Å²) in [5, 5.41) is 0. The van der Waals surface area contributed by atoms with Crippen LogP contribution in [-0.4, -0.2) is 116 Å². The van der Waals surface area contributed by atoms with Gasteiger partial charge in [-0.05, 0) is 154 Å². The van der Waals surface area contributed by atoms with E-state index in [2.05, 4.69) is 33.8 Å². The predicted molar refractivity (Wildman–Crippen MR) is 355 cm³/mol. The van der Waals surface area contributed by atoms with Crippen LogP contribution in [0.2, 0.25) is 0 Å². The van der Waals surface area contributed by atoms with Crippen LogP contribution in [0.5, 0.6) is 0 Å². The lowest BCUT2D eigenvalue weighted by atomic mass is 9.47. The van der Waals surface area contributed by atoms with Gasteiger partial charge in [0.15, 0.2) is 31.1 Å². The topological polar surface area (TPSA) is 195 Å². The van der Waals surface area contributed by atoms with Crippen LogP contribution in [0.25, 0.3) is 0 Å². The molecule has 3 saturated heterocycles. The highest BCUT2D eigenvalue weighted by Crippen LogP contribution is 2.67. The number of carbonyl (C=O) groups excluding carboxylic acids is 6. The summed E-state index contributed by atoms with van der Waals surface area (Å²) < 4.78 is 65.9. The number of hydrogen-bond donors (Lipinski definition) is 0. The maximum absolute atomic E-state index is 14.6. The molecule has 6 fully saturated rings. The molecule has 3 heterocycles. The molecule has 0 amide bonds. The highest BCUT2D eigenvalue weighted by Gasteiger charge is 2.63. The van der Waals surface area contributed by atoms with Crippen molar-refractivity contribution in [1.82, 2.24) is 0 Å². The second kappa shape index (κ2) is 30.2. The zero-order valence-corrected chi connectivity index (χ0v) is 57.3. The molecule has 4 aromatic rings. The molecular weight excluding hydrogens is 1200 g/mol. The third-order valence-corrected chi connectivity index (χ3v) is 23.5. The Hall–Kier alpha value is -6.40. The summed E-state index contributed by atoms with van der Waals surface area (Å²) in [6, 6.07) is 35.3. The maximum Gasteiger partial charge on any atom is 0.338 e. The molecule has 4 aromatic carbocycles. The van der Waals surface area contributed by atoms with Crippen molar-refractivity contribution in [3.8, 4) is 0 Å². The van der Waals surface area contributed by atoms with E-state index in [1.807, 2.05) is 84.9 Å². The number of hydrogen-bond acceptors (Lipinski definition) is 16. The van der Waals surface area contributed by atoms with Crippen LogP contribution in [0.3, 0.4) is 0 Å². The highest BCUT2D eigenvalue weighted by atomic mass is 16.8. The standard InChI is InChI=1S/C79H100O16/c1-12-63-66(91-71(82)52-26-18-14-19-27-52)49(7)69(94-74(85)55-32-24-17-25-33-55)75(89-63)86-44-45(3)34-37-61(80)48(6)65-62(81)43-60-58-36-35-56-42-57(38-40-78(56,10)59(58)39-41-79(60,65)11)88-77-70(50(8)67(64(13-2)90-77)92-72(83)53-28-20-15-21-29-53)95-76-68(47(5)46(4)51(9)87-76)93-73(84)54-30-22-16-23-31-54/h14-33,35,45-51,57-60,63-70,75-77H,12-13,34,36-44H2,1-11H3/t45-,46-,47+,48-,49+,50+,51?,57+,58-,59+,60+,63?,64?,65+,66+,67+,68?,69?,70?,75-,76+,77-,78+,79+/m1/s1. The number of fused-ring (bicyclic) bond motifs is 5. The first-order valence-corrected chi connectivity index (χ1v) is 35.3. The number of allylic oxidation sites excluding steroid dienone is 1. The lowest BCUT2D eigenvalue weighted by Crippen LogP contribution is -2.60. The molecule has 3 aliphatic heterocycles. The third kappa shape index (κ3) is 14.8. The van der Waals surface area contributed by atoms with Gasteiger partial charge in [0.25, 0.3) is 0 Å². The van der Waals surface area contributed by atoms with Gasteiger partial charge in [0.1, 0.15) is 29.9 Å². The van der Waals surface area contributed by atoms with Crippen molar-refractivity contribution >= 4 is 35.4 Å². The van der Waals surface area contributed by atoms with Crippen LogP contribution in [0.1, 0.15) is 188 Å². The zero-order chi connectivity index (χ0) is 67.5. The molecule has 512 valence electrons. The van der Waals surface area contributed by atoms with Crippen molar-refractivity contribution in [2.24, 2.45) is 70.0 Å². The van der Waals surface area contributed by atoms with Gasteiger partial charge in [-0.1, -0.05) is 154 Å². The van der Waals surface area contributed by atoms with Crippen LogP contribution in [0, 0.1) is 70.0 Å². The lowest BCUT2D eigenvalue weighted by molar-refractivity contribution is -0.353. The molecule has 6 unspecified atom stereocenters. The van der Waals surface area contributed by atoms with Crippen LogP contribution in [0.15, 0.2) is 133 Å². The van der Waals surface area contributed by atoms with Gasteiger partial charge in [0.2, 0.25) is 0 Å². The fourth-order valence-corrected chi connectivity index (χ4v) is 17.5. The molecule has 0 spiro atoms. The Labute approximate surface area is 561 Å². The molecule has 0 aromatic heterocycles.